The molecule has 1 aromatic rings. The lowest BCUT2D eigenvalue weighted by Crippen LogP contribution is -2.42. The molecule has 2 unspecified atom stereocenters. The summed E-state index contributed by atoms with van der Waals surface area (Å²) in [7, 11) is 0. The molecule has 1 aromatic carbocycles. The van der Waals surface area contributed by atoms with Gasteiger partial charge in [0.1, 0.15) is 17.1 Å². The van der Waals surface area contributed by atoms with Gasteiger partial charge in [-0.05, 0) is 87.5 Å². The number of hydrogen-bond acceptors (Lipinski definition) is 2. The maximum absolute atomic E-state index is 10.1. The molecule has 0 fully saturated rings. The summed E-state index contributed by atoms with van der Waals surface area (Å²) < 4.78 is 6.54. The molecule has 25 heavy (non-hydrogen) atoms. The second-order valence-corrected chi connectivity index (χ2v) is 9.16. The second-order valence-electron chi connectivity index (χ2n) is 9.16. The molecule has 2 heteroatoms. The molecular formula is C23H36O2. The van der Waals surface area contributed by atoms with Gasteiger partial charge in [0.25, 0.3) is 0 Å². The maximum Gasteiger partial charge on any atom is 0.126 e. The topological polar surface area (TPSA) is 29.5 Å². The van der Waals surface area contributed by atoms with E-state index in [9.17, 15) is 5.11 Å². The Kier molecular flexibility index (Phi) is 5.61. The van der Waals surface area contributed by atoms with Crippen LogP contribution in [0.1, 0.15) is 77.5 Å². The molecular weight excluding hydrogens is 308 g/mol. The van der Waals surface area contributed by atoms with Gasteiger partial charge in [0.2, 0.25) is 0 Å². The summed E-state index contributed by atoms with van der Waals surface area (Å²) in [4.78, 5) is 0. The van der Waals surface area contributed by atoms with Crippen LogP contribution in [0.25, 0.3) is 0 Å². The lowest BCUT2D eigenvalue weighted by Gasteiger charge is -2.41. The zero-order valence-corrected chi connectivity index (χ0v) is 17.4. The van der Waals surface area contributed by atoms with Gasteiger partial charge in [-0.1, -0.05) is 39.3 Å². The zero-order chi connectivity index (χ0) is 19.0. The highest BCUT2D eigenvalue weighted by Gasteiger charge is 2.37. The van der Waals surface area contributed by atoms with Gasteiger partial charge in [-0.2, -0.15) is 0 Å². The quantitative estimate of drug-likeness (QED) is 0.632. The summed E-state index contributed by atoms with van der Waals surface area (Å²) in [6, 6.07) is 1.89. The van der Waals surface area contributed by atoms with Crippen LogP contribution in [0.15, 0.2) is 17.7 Å². The SMILES string of the molecule is CC(=CCCC(C)C1(C)CCc2cc(O)c(C)c(C)c2O1)C(C)(C)C. The van der Waals surface area contributed by atoms with Crippen LogP contribution in [0.3, 0.4) is 0 Å². The molecule has 1 heterocycles. The minimum atomic E-state index is -0.134. The van der Waals surface area contributed by atoms with Gasteiger partial charge in [0, 0.05) is 0 Å². The molecule has 0 amide bonds. The Labute approximate surface area is 154 Å². The largest absolute Gasteiger partial charge is 0.508 e. The zero-order valence-electron chi connectivity index (χ0n) is 17.4. The number of allylic oxidation sites excluding steroid dienone is 2. The Bertz CT molecular complexity index is 664. The Hall–Kier alpha value is -1.44. The molecule has 0 spiro atoms. The van der Waals surface area contributed by atoms with Crippen LogP contribution < -0.4 is 4.74 Å². The Morgan fingerprint density at radius 2 is 1.96 bits per heavy atom. The van der Waals surface area contributed by atoms with Gasteiger partial charge in [-0.3, -0.25) is 0 Å². The number of aryl methyl sites for hydroxylation is 1. The monoisotopic (exact) mass is 344 g/mol. The summed E-state index contributed by atoms with van der Waals surface area (Å²) in [5.74, 6) is 1.87. The van der Waals surface area contributed by atoms with Gasteiger partial charge in [0.05, 0.1) is 0 Å². The fourth-order valence-electron chi connectivity index (χ4n) is 3.45. The third kappa shape index (κ3) is 4.22. The predicted octanol–water partition coefficient (Wildman–Crippen LogP) is 6.50. The van der Waals surface area contributed by atoms with E-state index in [0.717, 1.165) is 48.1 Å². The van der Waals surface area contributed by atoms with E-state index in [4.69, 9.17) is 4.74 Å². The smallest absolute Gasteiger partial charge is 0.126 e. The van der Waals surface area contributed by atoms with Crippen molar-refractivity contribution in [3.05, 3.63) is 34.4 Å². The van der Waals surface area contributed by atoms with E-state index in [0.29, 0.717) is 11.7 Å². The van der Waals surface area contributed by atoms with E-state index in [2.05, 4.69) is 54.5 Å². The Morgan fingerprint density at radius 3 is 2.56 bits per heavy atom. The molecule has 0 radical (unpaired) electrons. The van der Waals surface area contributed by atoms with Crippen LogP contribution in [0.4, 0.5) is 0 Å². The Balaban J connectivity index is 2.11. The molecule has 0 aliphatic carbocycles. The minimum absolute atomic E-state index is 0.134. The van der Waals surface area contributed by atoms with Gasteiger partial charge >= 0.3 is 0 Å². The van der Waals surface area contributed by atoms with Crippen LogP contribution in [0.5, 0.6) is 11.5 Å². The average Bonchev–Trinajstić information content (AvgIpc) is 2.52. The minimum Gasteiger partial charge on any atom is -0.508 e. The van der Waals surface area contributed by atoms with Crippen molar-refractivity contribution in [3.8, 4) is 11.5 Å². The van der Waals surface area contributed by atoms with Crippen LogP contribution in [-0.4, -0.2) is 10.7 Å². The number of fused-ring (bicyclic) bond motifs is 1. The third-order valence-electron chi connectivity index (χ3n) is 6.39. The van der Waals surface area contributed by atoms with E-state index in [1.54, 1.807) is 0 Å². The predicted molar refractivity (Wildman–Crippen MR) is 107 cm³/mol. The van der Waals surface area contributed by atoms with Crippen LogP contribution in [0, 0.1) is 25.2 Å². The highest BCUT2D eigenvalue weighted by atomic mass is 16.5. The fraction of sp³-hybridized carbons (Fsp3) is 0.652. The van der Waals surface area contributed by atoms with Crippen LogP contribution in [0.2, 0.25) is 0 Å². The van der Waals surface area contributed by atoms with Crippen molar-refractivity contribution in [2.24, 2.45) is 11.3 Å². The molecule has 0 bridgehead atoms. The number of phenols is 1. The molecule has 2 nitrogen and oxygen atoms in total. The van der Waals surface area contributed by atoms with E-state index in [1.165, 1.54) is 5.57 Å². The maximum atomic E-state index is 10.1. The molecule has 1 aliphatic heterocycles. The number of hydrogen-bond donors (Lipinski definition) is 1. The van der Waals surface area contributed by atoms with Gasteiger partial charge in [-0.15, -0.1) is 0 Å². The summed E-state index contributed by atoms with van der Waals surface area (Å²) in [6.07, 6.45) is 6.61. The van der Waals surface area contributed by atoms with E-state index >= 15 is 0 Å². The normalized spacial score (nSPS) is 22.3. The van der Waals surface area contributed by atoms with Crippen molar-refractivity contribution in [1.29, 1.82) is 0 Å². The van der Waals surface area contributed by atoms with Gasteiger partial charge in [0.15, 0.2) is 0 Å². The van der Waals surface area contributed by atoms with E-state index in [1.807, 2.05) is 13.0 Å². The molecule has 1 aliphatic rings. The summed E-state index contributed by atoms with van der Waals surface area (Å²) in [5.41, 5.74) is 4.74. The second kappa shape index (κ2) is 7.05. The van der Waals surface area contributed by atoms with Crippen molar-refractivity contribution in [3.63, 3.8) is 0 Å². The molecule has 2 rings (SSSR count). The van der Waals surface area contributed by atoms with Crippen molar-refractivity contribution < 1.29 is 9.84 Å². The fourth-order valence-corrected chi connectivity index (χ4v) is 3.45. The van der Waals surface area contributed by atoms with Crippen molar-refractivity contribution in [2.45, 2.75) is 86.7 Å². The van der Waals surface area contributed by atoms with Crippen molar-refractivity contribution in [1.82, 2.24) is 0 Å². The number of benzene rings is 1. The Morgan fingerprint density at radius 1 is 1.32 bits per heavy atom. The third-order valence-corrected chi connectivity index (χ3v) is 6.39. The first-order valence-corrected chi connectivity index (χ1v) is 9.64. The highest BCUT2D eigenvalue weighted by molar-refractivity contribution is 5.53. The van der Waals surface area contributed by atoms with E-state index < -0.39 is 0 Å². The number of aromatic hydroxyl groups is 1. The van der Waals surface area contributed by atoms with Gasteiger partial charge in [-0.25, -0.2) is 0 Å². The van der Waals surface area contributed by atoms with Crippen LogP contribution in [-0.2, 0) is 6.42 Å². The van der Waals surface area contributed by atoms with Crippen LogP contribution >= 0.6 is 0 Å². The van der Waals surface area contributed by atoms with Crippen molar-refractivity contribution in [2.75, 3.05) is 0 Å². The first kappa shape index (κ1) is 19.9. The summed E-state index contributed by atoms with van der Waals surface area (Å²) in [5, 5.41) is 10.1. The molecule has 0 saturated heterocycles. The first-order valence-electron chi connectivity index (χ1n) is 9.64. The van der Waals surface area contributed by atoms with Gasteiger partial charge < -0.3 is 9.84 Å². The molecule has 140 valence electrons. The lowest BCUT2D eigenvalue weighted by atomic mass is 9.79. The molecule has 2 atom stereocenters. The number of phenolic OH excluding ortho intramolecular Hbond substituents is 1. The number of rotatable bonds is 4. The standard InChI is InChI=1S/C23H36O2/c1-15(22(5,6)7)10-9-11-16(2)23(8)13-12-19-14-20(24)17(3)18(4)21(19)25-23/h10,14,16,24H,9,11-13H2,1-8H3. The summed E-state index contributed by atoms with van der Waals surface area (Å²) in [6.45, 7) is 17.6. The first-order chi connectivity index (χ1) is 11.5. The number of ether oxygens (including phenoxy) is 1. The average molecular weight is 345 g/mol. The van der Waals surface area contributed by atoms with E-state index in [-0.39, 0.29) is 11.0 Å². The molecule has 1 N–H and O–H groups in total. The molecule has 0 aromatic heterocycles. The highest BCUT2D eigenvalue weighted by Crippen LogP contribution is 2.43. The summed E-state index contributed by atoms with van der Waals surface area (Å²) >= 11 is 0. The van der Waals surface area contributed by atoms with Crippen molar-refractivity contribution >= 4 is 0 Å². The lowest BCUT2D eigenvalue weighted by molar-refractivity contribution is 0.00915. The molecule has 0 saturated carbocycles.